The van der Waals surface area contributed by atoms with Crippen LogP contribution >= 0.6 is 0 Å². The van der Waals surface area contributed by atoms with E-state index in [9.17, 15) is 14.4 Å². The van der Waals surface area contributed by atoms with Crippen molar-refractivity contribution in [2.45, 2.75) is 64.0 Å². The first-order valence-electron chi connectivity index (χ1n) is 7.54. The van der Waals surface area contributed by atoms with Gasteiger partial charge in [-0.3, -0.25) is 4.79 Å². The number of nitrogens with one attached hydrogen (secondary N) is 1. The van der Waals surface area contributed by atoms with Crippen LogP contribution in [0.3, 0.4) is 0 Å². The molecule has 4 N–H and O–H groups in total. The van der Waals surface area contributed by atoms with Gasteiger partial charge in [-0.05, 0) is 32.1 Å². The molecule has 0 aliphatic carbocycles. The summed E-state index contributed by atoms with van der Waals surface area (Å²) in [5.41, 5.74) is 5.02. The number of carboxylic acids is 1. The van der Waals surface area contributed by atoms with E-state index in [0.717, 1.165) is 32.1 Å². The summed E-state index contributed by atoms with van der Waals surface area (Å²) < 4.78 is 0. The van der Waals surface area contributed by atoms with Gasteiger partial charge in [-0.2, -0.15) is 0 Å². The van der Waals surface area contributed by atoms with E-state index in [-0.39, 0.29) is 24.9 Å². The highest BCUT2D eigenvalue weighted by molar-refractivity contribution is 5.83. The molecule has 0 saturated carbocycles. The molecule has 1 heterocycles. The van der Waals surface area contributed by atoms with E-state index in [1.807, 2.05) is 0 Å². The van der Waals surface area contributed by atoms with Crippen LogP contribution in [-0.4, -0.2) is 46.5 Å². The van der Waals surface area contributed by atoms with Crippen LogP contribution in [0.5, 0.6) is 0 Å². The van der Waals surface area contributed by atoms with Gasteiger partial charge < -0.3 is 21.1 Å². The quantitative estimate of drug-likeness (QED) is 0.652. The number of piperidine rings is 1. The smallest absolute Gasteiger partial charge is 0.326 e. The van der Waals surface area contributed by atoms with Gasteiger partial charge in [-0.15, -0.1) is 0 Å². The van der Waals surface area contributed by atoms with E-state index in [1.165, 1.54) is 0 Å². The number of carbonyl (C=O) groups is 3. The van der Waals surface area contributed by atoms with Crippen molar-refractivity contribution in [1.29, 1.82) is 0 Å². The standard InChI is InChI=1S/C14H25N3O4/c1-2-5-10-6-3-4-9-17(10)14(21)16-11(13(19)20)7-8-12(15)18/h10-11H,2-9H2,1H3,(H2,15,18)(H,16,21)(H,19,20)/t10?,11-/m1/s1. The Morgan fingerprint density at radius 2 is 2.10 bits per heavy atom. The molecule has 1 aliphatic rings. The molecule has 1 unspecified atom stereocenters. The van der Waals surface area contributed by atoms with E-state index < -0.39 is 17.9 Å². The lowest BCUT2D eigenvalue weighted by Crippen LogP contribution is -2.53. The number of urea groups is 1. The third kappa shape index (κ3) is 5.61. The number of amides is 3. The fraction of sp³-hybridized carbons (Fsp3) is 0.786. The topological polar surface area (TPSA) is 113 Å². The first kappa shape index (κ1) is 17.3. The number of nitrogens with two attached hydrogens (primary N) is 1. The molecule has 1 rings (SSSR count). The highest BCUT2D eigenvalue weighted by Crippen LogP contribution is 2.21. The molecule has 1 saturated heterocycles. The summed E-state index contributed by atoms with van der Waals surface area (Å²) in [5.74, 6) is -1.72. The van der Waals surface area contributed by atoms with Crippen molar-refractivity contribution < 1.29 is 19.5 Å². The molecule has 0 radical (unpaired) electrons. The van der Waals surface area contributed by atoms with Crippen LogP contribution in [0.4, 0.5) is 4.79 Å². The monoisotopic (exact) mass is 299 g/mol. The lowest BCUT2D eigenvalue weighted by atomic mass is 9.98. The Bertz CT molecular complexity index is 384. The van der Waals surface area contributed by atoms with Crippen molar-refractivity contribution in [3.8, 4) is 0 Å². The summed E-state index contributed by atoms with van der Waals surface area (Å²) in [4.78, 5) is 35.9. The lowest BCUT2D eigenvalue weighted by Gasteiger charge is -2.36. The number of primary amides is 1. The van der Waals surface area contributed by atoms with Crippen LogP contribution < -0.4 is 11.1 Å². The number of likely N-dealkylation sites (tertiary alicyclic amines) is 1. The molecule has 1 aliphatic heterocycles. The SMILES string of the molecule is CCCC1CCCCN1C(=O)N[C@H](CCC(N)=O)C(=O)O. The average molecular weight is 299 g/mol. The molecule has 7 heteroatoms. The van der Waals surface area contributed by atoms with Crippen molar-refractivity contribution in [3.05, 3.63) is 0 Å². The Balaban J connectivity index is 2.61. The summed E-state index contributed by atoms with van der Waals surface area (Å²) in [7, 11) is 0. The minimum atomic E-state index is -1.14. The molecule has 3 amide bonds. The number of rotatable bonds is 7. The van der Waals surface area contributed by atoms with Gasteiger partial charge in [0.15, 0.2) is 0 Å². The Morgan fingerprint density at radius 1 is 1.38 bits per heavy atom. The summed E-state index contributed by atoms with van der Waals surface area (Å²) in [5, 5.41) is 11.6. The van der Waals surface area contributed by atoms with E-state index in [0.29, 0.717) is 6.54 Å². The fourth-order valence-electron chi connectivity index (χ4n) is 2.68. The predicted molar refractivity (Wildman–Crippen MR) is 77.6 cm³/mol. The van der Waals surface area contributed by atoms with E-state index >= 15 is 0 Å². The van der Waals surface area contributed by atoms with Crippen molar-refractivity contribution in [1.82, 2.24) is 10.2 Å². The Kier molecular flexibility index (Phi) is 6.98. The Morgan fingerprint density at radius 3 is 2.67 bits per heavy atom. The first-order chi connectivity index (χ1) is 9.95. The van der Waals surface area contributed by atoms with Gasteiger partial charge in [0.25, 0.3) is 0 Å². The number of carboxylic acid groups (broad SMARTS) is 1. The van der Waals surface area contributed by atoms with E-state index in [1.54, 1.807) is 4.90 Å². The zero-order valence-corrected chi connectivity index (χ0v) is 12.5. The van der Waals surface area contributed by atoms with Crippen LogP contribution in [0.15, 0.2) is 0 Å². The number of aliphatic carboxylic acids is 1. The summed E-state index contributed by atoms with van der Waals surface area (Å²) in [6.45, 7) is 2.72. The molecule has 21 heavy (non-hydrogen) atoms. The second kappa shape index (κ2) is 8.49. The minimum Gasteiger partial charge on any atom is -0.480 e. The molecule has 0 aromatic rings. The predicted octanol–water partition coefficient (Wildman–Crippen LogP) is 1.07. The van der Waals surface area contributed by atoms with Gasteiger partial charge in [0.05, 0.1) is 0 Å². The molecular weight excluding hydrogens is 274 g/mol. The summed E-state index contributed by atoms with van der Waals surface area (Å²) in [6.07, 6.45) is 4.86. The van der Waals surface area contributed by atoms with Crippen molar-refractivity contribution in [2.75, 3.05) is 6.54 Å². The Hall–Kier alpha value is -1.79. The van der Waals surface area contributed by atoms with Gasteiger partial charge >= 0.3 is 12.0 Å². The van der Waals surface area contributed by atoms with Crippen molar-refractivity contribution >= 4 is 17.9 Å². The maximum Gasteiger partial charge on any atom is 0.326 e. The lowest BCUT2D eigenvalue weighted by molar-refractivity contribution is -0.139. The maximum absolute atomic E-state index is 12.3. The zero-order chi connectivity index (χ0) is 15.8. The molecule has 2 atom stereocenters. The van der Waals surface area contributed by atoms with E-state index in [4.69, 9.17) is 10.8 Å². The minimum absolute atomic E-state index is 0.0166. The van der Waals surface area contributed by atoms with Gasteiger partial charge in [0, 0.05) is 19.0 Å². The summed E-state index contributed by atoms with van der Waals surface area (Å²) >= 11 is 0. The van der Waals surface area contributed by atoms with Crippen LogP contribution in [0, 0.1) is 0 Å². The molecule has 0 bridgehead atoms. The molecule has 0 aromatic heterocycles. The van der Waals surface area contributed by atoms with Gasteiger partial charge in [0.1, 0.15) is 6.04 Å². The molecule has 0 aromatic carbocycles. The van der Waals surface area contributed by atoms with Crippen LogP contribution in [0.1, 0.15) is 51.9 Å². The fourth-order valence-corrected chi connectivity index (χ4v) is 2.68. The normalized spacial score (nSPS) is 19.9. The highest BCUT2D eigenvalue weighted by atomic mass is 16.4. The molecular formula is C14H25N3O4. The van der Waals surface area contributed by atoms with Crippen molar-refractivity contribution in [3.63, 3.8) is 0 Å². The molecule has 120 valence electrons. The third-order valence-electron chi connectivity index (χ3n) is 3.79. The molecule has 0 spiro atoms. The van der Waals surface area contributed by atoms with Gasteiger partial charge in [0.2, 0.25) is 5.91 Å². The number of nitrogens with zero attached hydrogens (tertiary/aromatic N) is 1. The third-order valence-corrected chi connectivity index (χ3v) is 3.79. The average Bonchev–Trinajstić information content (AvgIpc) is 2.43. The largest absolute Gasteiger partial charge is 0.480 e. The first-order valence-corrected chi connectivity index (χ1v) is 7.54. The van der Waals surface area contributed by atoms with Gasteiger partial charge in [-0.1, -0.05) is 13.3 Å². The summed E-state index contributed by atoms with van der Waals surface area (Å²) in [6, 6.07) is -1.26. The maximum atomic E-state index is 12.3. The van der Waals surface area contributed by atoms with Crippen molar-refractivity contribution in [2.24, 2.45) is 5.73 Å². The van der Waals surface area contributed by atoms with Crippen LogP contribution in [0.25, 0.3) is 0 Å². The number of carbonyl (C=O) groups excluding carboxylic acids is 2. The van der Waals surface area contributed by atoms with E-state index in [2.05, 4.69) is 12.2 Å². The van der Waals surface area contributed by atoms with Crippen LogP contribution in [0.2, 0.25) is 0 Å². The zero-order valence-electron chi connectivity index (χ0n) is 12.5. The van der Waals surface area contributed by atoms with Gasteiger partial charge in [-0.25, -0.2) is 9.59 Å². The second-order valence-electron chi connectivity index (χ2n) is 5.48. The number of hydrogen-bond acceptors (Lipinski definition) is 3. The van der Waals surface area contributed by atoms with Crippen LogP contribution in [-0.2, 0) is 9.59 Å². The second-order valence-corrected chi connectivity index (χ2v) is 5.48. The number of hydrogen-bond donors (Lipinski definition) is 3. The molecule has 7 nitrogen and oxygen atoms in total. The molecule has 1 fully saturated rings. The Labute approximate surface area is 124 Å². The highest BCUT2D eigenvalue weighted by Gasteiger charge is 2.29.